The number of benzene rings is 3. The lowest BCUT2D eigenvalue weighted by molar-refractivity contribution is 0.0759. The SMILES string of the molecule is CCCCCCN1c2ccccc2C(C)(C)C12C=Nc1c(c(C=O)cc3ccccc13)O2. The van der Waals surface area contributed by atoms with Crippen molar-refractivity contribution in [2.24, 2.45) is 4.99 Å². The van der Waals surface area contributed by atoms with Crippen LogP contribution in [0, 0.1) is 0 Å². The zero-order chi connectivity index (χ0) is 22.3. The lowest BCUT2D eigenvalue weighted by Crippen LogP contribution is -2.62. The van der Waals surface area contributed by atoms with E-state index >= 15 is 0 Å². The molecular weight excluding hydrogens is 396 g/mol. The van der Waals surface area contributed by atoms with E-state index in [2.05, 4.69) is 49.9 Å². The number of carbonyl (C=O) groups is 1. The average molecular weight is 427 g/mol. The van der Waals surface area contributed by atoms with Gasteiger partial charge in [-0.1, -0.05) is 68.7 Å². The highest BCUT2D eigenvalue weighted by Gasteiger charge is 2.59. The van der Waals surface area contributed by atoms with Gasteiger partial charge in [0, 0.05) is 17.6 Å². The Bertz CT molecular complexity index is 1210. The zero-order valence-electron chi connectivity index (χ0n) is 19.1. The lowest BCUT2D eigenvalue weighted by Gasteiger charge is -2.46. The van der Waals surface area contributed by atoms with Gasteiger partial charge in [0.1, 0.15) is 5.69 Å². The summed E-state index contributed by atoms with van der Waals surface area (Å²) in [6, 6.07) is 18.5. The lowest BCUT2D eigenvalue weighted by atomic mass is 9.77. The average Bonchev–Trinajstić information content (AvgIpc) is 2.99. The van der Waals surface area contributed by atoms with Crippen molar-refractivity contribution in [3.63, 3.8) is 0 Å². The number of para-hydroxylation sites is 1. The van der Waals surface area contributed by atoms with Gasteiger partial charge < -0.3 is 9.64 Å². The molecule has 164 valence electrons. The largest absolute Gasteiger partial charge is 0.459 e. The van der Waals surface area contributed by atoms with Crippen LogP contribution in [0.2, 0.25) is 0 Å². The number of fused-ring (bicyclic) bond motifs is 4. The first-order chi connectivity index (χ1) is 15.5. The number of unbranched alkanes of at least 4 members (excludes halogenated alkanes) is 3. The van der Waals surface area contributed by atoms with Crippen LogP contribution in [0.4, 0.5) is 11.4 Å². The van der Waals surface area contributed by atoms with Crippen LogP contribution in [-0.4, -0.2) is 24.8 Å². The van der Waals surface area contributed by atoms with Gasteiger partial charge in [-0.25, -0.2) is 0 Å². The molecule has 1 unspecified atom stereocenters. The molecule has 0 fully saturated rings. The van der Waals surface area contributed by atoms with Crippen LogP contribution in [0.5, 0.6) is 5.75 Å². The Hall–Kier alpha value is -3.14. The highest BCUT2D eigenvalue weighted by atomic mass is 16.5. The smallest absolute Gasteiger partial charge is 0.228 e. The van der Waals surface area contributed by atoms with Crippen molar-refractivity contribution >= 4 is 34.6 Å². The van der Waals surface area contributed by atoms with Crippen molar-refractivity contribution in [1.82, 2.24) is 0 Å². The van der Waals surface area contributed by atoms with Gasteiger partial charge in [-0.15, -0.1) is 0 Å². The van der Waals surface area contributed by atoms with Crippen molar-refractivity contribution < 1.29 is 9.53 Å². The molecule has 0 aromatic heterocycles. The third-order valence-corrected chi connectivity index (χ3v) is 7.16. The number of hydrogen-bond donors (Lipinski definition) is 0. The molecular formula is C28H30N2O2. The molecule has 0 amide bonds. The summed E-state index contributed by atoms with van der Waals surface area (Å²) in [5.74, 6) is 0.584. The van der Waals surface area contributed by atoms with Gasteiger partial charge in [0.25, 0.3) is 0 Å². The van der Waals surface area contributed by atoms with E-state index in [0.717, 1.165) is 35.7 Å². The van der Waals surface area contributed by atoms with Gasteiger partial charge >= 0.3 is 0 Å². The summed E-state index contributed by atoms with van der Waals surface area (Å²) >= 11 is 0. The molecule has 2 aliphatic heterocycles. The van der Waals surface area contributed by atoms with Crippen LogP contribution in [0.1, 0.15) is 62.4 Å². The van der Waals surface area contributed by atoms with Crippen molar-refractivity contribution in [3.05, 3.63) is 65.7 Å². The zero-order valence-corrected chi connectivity index (χ0v) is 19.1. The first-order valence-electron chi connectivity index (χ1n) is 11.7. The van der Waals surface area contributed by atoms with E-state index < -0.39 is 5.72 Å². The maximum absolute atomic E-state index is 12.1. The third kappa shape index (κ3) is 2.89. The van der Waals surface area contributed by atoms with E-state index in [4.69, 9.17) is 9.73 Å². The van der Waals surface area contributed by atoms with Gasteiger partial charge in [-0.05, 0) is 43.4 Å². The summed E-state index contributed by atoms with van der Waals surface area (Å²) in [5, 5.41) is 2.00. The second kappa shape index (κ2) is 7.77. The molecule has 4 heteroatoms. The molecule has 0 N–H and O–H groups in total. The van der Waals surface area contributed by atoms with Crippen molar-refractivity contribution in [2.45, 2.75) is 57.6 Å². The second-order valence-electron chi connectivity index (χ2n) is 9.39. The molecule has 3 aromatic carbocycles. The summed E-state index contributed by atoms with van der Waals surface area (Å²) in [4.78, 5) is 19.4. The fourth-order valence-electron chi connectivity index (χ4n) is 5.33. The Kier molecular flexibility index (Phi) is 5.04. The van der Waals surface area contributed by atoms with E-state index in [0.29, 0.717) is 11.3 Å². The summed E-state index contributed by atoms with van der Waals surface area (Å²) in [7, 11) is 0. The predicted octanol–water partition coefficient (Wildman–Crippen LogP) is 6.82. The van der Waals surface area contributed by atoms with Crippen molar-refractivity contribution in [1.29, 1.82) is 0 Å². The predicted molar refractivity (Wildman–Crippen MR) is 132 cm³/mol. The highest BCUT2D eigenvalue weighted by molar-refractivity contribution is 6.04. The molecule has 0 bridgehead atoms. The Morgan fingerprint density at radius 3 is 2.62 bits per heavy atom. The molecule has 0 aliphatic carbocycles. The van der Waals surface area contributed by atoms with E-state index in [1.54, 1.807) is 0 Å². The van der Waals surface area contributed by atoms with Crippen LogP contribution in [0.25, 0.3) is 10.8 Å². The van der Waals surface area contributed by atoms with E-state index in [1.807, 2.05) is 36.5 Å². The Labute approximate surface area is 189 Å². The number of anilines is 1. The number of ether oxygens (including phenoxy) is 1. The number of aldehydes is 1. The summed E-state index contributed by atoms with van der Waals surface area (Å²) < 4.78 is 6.92. The minimum Gasteiger partial charge on any atom is -0.459 e. The molecule has 4 nitrogen and oxygen atoms in total. The van der Waals surface area contributed by atoms with E-state index in [1.165, 1.54) is 30.5 Å². The minimum absolute atomic E-state index is 0.346. The number of rotatable bonds is 6. The summed E-state index contributed by atoms with van der Waals surface area (Å²) in [5.41, 5.74) is 2.61. The minimum atomic E-state index is -0.782. The van der Waals surface area contributed by atoms with Crippen LogP contribution in [-0.2, 0) is 5.41 Å². The van der Waals surface area contributed by atoms with Gasteiger partial charge in [-0.3, -0.25) is 9.79 Å². The van der Waals surface area contributed by atoms with Gasteiger partial charge in [0.2, 0.25) is 5.72 Å². The quantitative estimate of drug-likeness (QED) is 0.321. The number of aliphatic imine (C=N–C) groups is 1. The Balaban J connectivity index is 1.66. The molecule has 1 spiro atoms. The molecule has 2 heterocycles. The van der Waals surface area contributed by atoms with Crippen LogP contribution in [0.3, 0.4) is 0 Å². The van der Waals surface area contributed by atoms with Gasteiger partial charge in [0.05, 0.1) is 17.2 Å². The first kappa shape index (κ1) is 20.7. The molecule has 0 saturated carbocycles. The second-order valence-corrected chi connectivity index (χ2v) is 9.39. The molecule has 5 rings (SSSR count). The van der Waals surface area contributed by atoms with Crippen LogP contribution in [0.15, 0.2) is 59.6 Å². The maximum Gasteiger partial charge on any atom is 0.228 e. The fraction of sp³-hybridized carbons (Fsp3) is 0.357. The Morgan fingerprint density at radius 1 is 1.03 bits per heavy atom. The fourth-order valence-corrected chi connectivity index (χ4v) is 5.33. The van der Waals surface area contributed by atoms with Gasteiger partial charge in [-0.2, -0.15) is 0 Å². The topological polar surface area (TPSA) is 41.9 Å². The monoisotopic (exact) mass is 426 g/mol. The van der Waals surface area contributed by atoms with Crippen molar-refractivity contribution in [3.8, 4) is 5.75 Å². The molecule has 1 atom stereocenters. The number of hydrogen-bond acceptors (Lipinski definition) is 4. The van der Waals surface area contributed by atoms with Crippen molar-refractivity contribution in [2.75, 3.05) is 11.4 Å². The molecule has 32 heavy (non-hydrogen) atoms. The Morgan fingerprint density at radius 2 is 1.81 bits per heavy atom. The third-order valence-electron chi connectivity index (χ3n) is 7.16. The standard InChI is InChI=1S/C28H30N2O2/c1-4-5-6-11-16-30-24-15-10-9-14-23(24)27(2,3)28(30)19-29-25-22-13-8-7-12-20(22)17-21(18-31)26(25)32-28/h7-10,12-15,17-19H,4-6,11,16H2,1-3H3. The first-order valence-corrected chi connectivity index (χ1v) is 11.7. The molecule has 0 saturated heterocycles. The summed E-state index contributed by atoms with van der Waals surface area (Å²) in [6.07, 6.45) is 7.57. The van der Waals surface area contributed by atoms with E-state index in [9.17, 15) is 4.79 Å². The van der Waals surface area contributed by atoms with Crippen LogP contribution < -0.4 is 9.64 Å². The number of nitrogens with zero attached hydrogens (tertiary/aromatic N) is 2. The molecule has 0 radical (unpaired) electrons. The normalized spacial score (nSPS) is 20.3. The van der Waals surface area contributed by atoms with Crippen LogP contribution >= 0.6 is 0 Å². The summed E-state index contributed by atoms with van der Waals surface area (Å²) in [6.45, 7) is 7.55. The molecule has 3 aromatic rings. The van der Waals surface area contributed by atoms with Gasteiger partial charge in [0.15, 0.2) is 12.0 Å². The maximum atomic E-state index is 12.1. The number of carbonyl (C=O) groups excluding carboxylic acids is 1. The molecule has 2 aliphatic rings. The van der Waals surface area contributed by atoms with E-state index in [-0.39, 0.29) is 5.41 Å². The highest BCUT2D eigenvalue weighted by Crippen LogP contribution is 2.55.